The van der Waals surface area contributed by atoms with Crippen molar-refractivity contribution in [3.63, 3.8) is 0 Å². The van der Waals surface area contributed by atoms with Crippen LogP contribution >= 0.6 is 27.7 Å². The van der Waals surface area contributed by atoms with Crippen LogP contribution in [0.4, 0.5) is 23.3 Å². The Morgan fingerprint density at radius 1 is 1.11 bits per heavy atom. The zero-order chi connectivity index (χ0) is 19.9. The van der Waals surface area contributed by atoms with Gasteiger partial charge in [-0.2, -0.15) is 15.0 Å². The van der Waals surface area contributed by atoms with Gasteiger partial charge in [0, 0.05) is 10.2 Å². The fourth-order valence-corrected chi connectivity index (χ4v) is 3.43. The van der Waals surface area contributed by atoms with Gasteiger partial charge in [0.1, 0.15) is 5.82 Å². The number of hydrogen-bond donors (Lipinski definition) is 3. The number of amides is 1. The lowest BCUT2D eigenvalue weighted by Crippen LogP contribution is -2.15. The Labute approximate surface area is 175 Å². The van der Waals surface area contributed by atoms with Gasteiger partial charge in [0.15, 0.2) is 0 Å². The second-order valence-electron chi connectivity index (χ2n) is 5.85. The van der Waals surface area contributed by atoms with E-state index >= 15 is 0 Å². The fraction of sp³-hybridized carbons (Fsp3) is 0.158. The van der Waals surface area contributed by atoms with Gasteiger partial charge in [-0.25, -0.2) is 0 Å². The van der Waals surface area contributed by atoms with E-state index in [1.807, 2.05) is 61.5 Å². The number of nitrogens with one attached hydrogen (secondary N) is 2. The van der Waals surface area contributed by atoms with Gasteiger partial charge < -0.3 is 16.4 Å². The number of carbonyl (C=O) groups is 1. The molecule has 0 bridgehead atoms. The summed E-state index contributed by atoms with van der Waals surface area (Å²) >= 11 is 4.84. The molecule has 1 atom stereocenters. The van der Waals surface area contributed by atoms with Crippen molar-refractivity contribution in [2.75, 3.05) is 22.1 Å². The molecule has 28 heavy (non-hydrogen) atoms. The highest BCUT2D eigenvalue weighted by molar-refractivity contribution is 9.10. The van der Waals surface area contributed by atoms with Crippen LogP contribution in [0.5, 0.6) is 0 Å². The molecule has 1 heterocycles. The Morgan fingerprint density at radius 3 is 2.57 bits per heavy atom. The van der Waals surface area contributed by atoms with Gasteiger partial charge in [-0.15, -0.1) is 11.8 Å². The van der Waals surface area contributed by atoms with E-state index in [0.29, 0.717) is 11.8 Å². The molecule has 0 aliphatic carbocycles. The van der Waals surface area contributed by atoms with E-state index in [1.54, 1.807) is 0 Å². The summed E-state index contributed by atoms with van der Waals surface area (Å²) in [6, 6.07) is 17.0. The molecule has 0 spiro atoms. The van der Waals surface area contributed by atoms with Crippen molar-refractivity contribution in [3.05, 3.63) is 64.9 Å². The Balaban J connectivity index is 1.61. The molecule has 7 nitrogen and oxygen atoms in total. The number of rotatable bonds is 7. The van der Waals surface area contributed by atoms with Crippen molar-refractivity contribution in [1.29, 1.82) is 0 Å². The van der Waals surface area contributed by atoms with Crippen LogP contribution in [0.15, 0.2) is 59.1 Å². The number of aromatic nitrogens is 3. The summed E-state index contributed by atoms with van der Waals surface area (Å²) < 4.78 is 0.836. The van der Waals surface area contributed by atoms with Crippen LogP contribution in [-0.4, -0.2) is 26.6 Å². The van der Waals surface area contributed by atoms with Gasteiger partial charge in [0.25, 0.3) is 0 Å². The third-order valence-corrected chi connectivity index (χ3v) is 5.51. The maximum absolute atomic E-state index is 12.2. The molecule has 0 fully saturated rings. The van der Waals surface area contributed by atoms with E-state index in [1.165, 1.54) is 11.8 Å². The molecule has 3 aromatic rings. The van der Waals surface area contributed by atoms with Gasteiger partial charge >= 0.3 is 0 Å². The summed E-state index contributed by atoms with van der Waals surface area (Å²) in [6.07, 6.45) is 0. The van der Waals surface area contributed by atoms with Crippen molar-refractivity contribution in [2.24, 2.45) is 0 Å². The lowest BCUT2D eigenvalue weighted by Gasteiger charge is -2.13. The number of nitrogens with two attached hydrogens (primary N) is 1. The van der Waals surface area contributed by atoms with E-state index < -0.39 is 0 Å². The average Bonchev–Trinajstić information content (AvgIpc) is 2.68. The topological polar surface area (TPSA) is 106 Å². The van der Waals surface area contributed by atoms with E-state index in [4.69, 9.17) is 5.73 Å². The first-order chi connectivity index (χ1) is 13.5. The molecule has 0 aliphatic heterocycles. The molecule has 0 aliphatic rings. The number of halogens is 1. The monoisotopic (exact) mass is 458 g/mol. The molecule has 1 amide bonds. The van der Waals surface area contributed by atoms with Crippen molar-refractivity contribution in [3.8, 4) is 0 Å². The molecule has 2 aromatic carbocycles. The molecule has 0 unspecified atom stereocenters. The van der Waals surface area contributed by atoms with Gasteiger partial charge in [0.2, 0.25) is 17.8 Å². The highest BCUT2D eigenvalue weighted by Crippen LogP contribution is 2.27. The van der Waals surface area contributed by atoms with Crippen molar-refractivity contribution in [1.82, 2.24) is 15.0 Å². The van der Waals surface area contributed by atoms with Gasteiger partial charge in [-0.05, 0) is 47.1 Å². The van der Waals surface area contributed by atoms with Gasteiger partial charge in [-0.1, -0.05) is 30.3 Å². The zero-order valence-corrected chi connectivity index (χ0v) is 17.5. The molecule has 0 saturated carbocycles. The minimum absolute atomic E-state index is 0.103. The average molecular weight is 459 g/mol. The Morgan fingerprint density at radius 2 is 1.82 bits per heavy atom. The largest absolute Gasteiger partial charge is 0.368 e. The van der Waals surface area contributed by atoms with E-state index in [0.717, 1.165) is 15.8 Å². The standard InChI is InChI=1S/C19H19BrN6OS/c1-12(28-11-16(27)23-15-10-6-5-9-14(15)20)17-24-18(21)26-19(25-17)22-13-7-3-2-4-8-13/h2-10,12H,11H2,1H3,(H,23,27)(H3,21,22,24,25,26)/t12-/m1/s1. The SMILES string of the molecule is C[C@@H](SCC(=O)Nc1ccccc1Br)c1nc(N)nc(Nc2ccccc2)n1. The number of para-hydroxylation sites is 2. The van der Waals surface area contributed by atoms with Gasteiger partial charge in [0.05, 0.1) is 16.7 Å². The number of hydrogen-bond acceptors (Lipinski definition) is 7. The summed E-state index contributed by atoms with van der Waals surface area (Å²) in [5.41, 5.74) is 7.42. The fourth-order valence-electron chi connectivity index (χ4n) is 2.32. The molecule has 0 saturated heterocycles. The zero-order valence-electron chi connectivity index (χ0n) is 15.1. The van der Waals surface area contributed by atoms with E-state index in [-0.39, 0.29) is 22.9 Å². The number of thioether (sulfide) groups is 1. The Bertz CT molecular complexity index is 956. The molecular formula is C19H19BrN6OS. The van der Waals surface area contributed by atoms with Crippen molar-refractivity contribution >= 4 is 56.9 Å². The third kappa shape index (κ3) is 5.67. The summed E-state index contributed by atoms with van der Waals surface area (Å²) in [4.78, 5) is 25.0. The van der Waals surface area contributed by atoms with Crippen LogP contribution in [0.25, 0.3) is 0 Å². The van der Waals surface area contributed by atoms with Crippen molar-refractivity contribution < 1.29 is 4.79 Å². The number of carbonyl (C=O) groups excluding carboxylic acids is 1. The predicted octanol–water partition coefficient (Wildman–Crippen LogP) is 4.39. The Kier molecular flexibility index (Phi) is 6.83. The quantitative estimate of drug-likeness (QED) is 0.481. The lowest BCUT2D eigenvalue weighted by molar-refractivity contribution is -0.113. The van der Waals surface area contributed by atoms with Crippen LogP contribution in [0.2, 0.25) is 0 Å². The molecule has 9 heteroatoms. The third-order valence-electron chi connectivity index (χ3n) is 3.68. The molecular weight excluding hydrogens is 440 g/mol. The minimum Gasteiger partial charge on any atom is -0.368 e. The molecule has 4 N–H and O–H groups in total. The van der Waals surface area contributed by atoms with E-state index in [9.17, 15) is 4.79 Å². The first kappa shape index (κ1) is 20.1. The van der Waals surface area contributed by atoms with E-state index in [2.05, 4.69) is 41.5 Å². The van der Waals surface area contributed by atoms with Crippen molar-refractivity contribution in [2.45, 2.75) is 12.2 Å². The predicted molar refractivity (Wildman–Crippen MR) is 118 cm³/mol. The lowest BCUT2D eigenvalue weighted by atomic mass is 10.3. The number of nitrogen functional groups attached to an aromatic ring is 1. The molecule has 3 rings (SSSR count). The second kappa shape index (κ2) is 9.52. The molecule has 144 valence electrons. The Hall–Kier alpha value is -2.65. The number of anilines is 4. The van der Waals surface area contributed by atoms with Crippen LogP contribution in [-0.2, 0) is 4.79 Å². The maximum Gasteiger partial charge on any atom is 0.234 e. The minimum atomic E-state index is -0.133. The normalized spacial score (nSPS) is 11.6. The summed E-state index contributed by atoms with van der Waals surface area (Å²) in [5, 5.41) is 5.85. The van der Waals surface area contributed by atoms with Crippen LogP contribution in [0.1, 0.15) is 18.0 Å². The summed E-state index contributed by atoms with van der Waals surface area (Å²) in [7, 11) is 0. The summed E-state index contributed by atoms with van der Waals surface area (Å²) in [6.45, 7) is 1.93. The number of nitrogens with zero attached hydrogens (tertiary/aromatic N) is 3. The first-order valence-electron chi connectivity index (χ1n) is 8.51. The summed E-state index contributed by atoms with van der Waals surface area (Å²) in [5.74, 6) is 1.18. The second-order valence-corrected chi connectivity index (χ2v) is 8.03. The van der Waals surface area contributed by atoms with Gasteiger partial charge in [-0.3, -0.25) is 4.79 Å². The smallest absolute Gasteiger partial charge is 0.234 e. The van der Waals surface area contributed by atoms with Crippen LogP contribution in [0.3, 0.4) is 0 Å². The van der Waals surface area contributed by atoms with Crippen LogP contribution in [0, 0.1) is 0 Å². The first-order valence-corrected chi connectivity index (χ1v) is 10.3. The highest BCUT2D eigenvalue weighted by atomic mass is 79.9. The molecule has 1 aromatic heterocycles. The number of benzene rings is 2. The maximum atomic E-state index is 12.2. The molecule has 0 radical (unpaired) electrons. The van der Waals surface area contributed by atoms with Crippen LogP contribution < -0.4 is 16.4 Å². The highest BCUT2D eigenvalue weighted by Gasteiger charge is 2.15.